The number of rotatable bonds is 5. The van der Waals surface area contributed by atoms with Crippen molar-refractivity contribution in [3.8, 4) is 0 Å². The molecule has 0 bridgehead atoms. The van der Waals surface area contributed by atoms with Crippen LogP contribution in [0.3, 0.4) is 0 Å². The Balaban J connectivity index is 2.08. The Morgan fingerprint density at radius 2 is 1.67 bits per heavy atom. The summed E-state index contributed by atoms with van der Waals surface area (Å²) in [7, 11) is 1.81. The fourth-order valence-corrected chi connectivity index (χ4v) is 2.22. The Bertz CT molecular complexity index is 658. The fourth-order valence-electron chi connectivity index (χ4n) is 2.09. The molecule has 0 unspecified atom stereocenters. The largest absolute Gasteiger partial charge is 0.389 e. The lowest BCUT2D eigenvalue weighted by Crippen LogP contribution is -2.19. The quantitative estimate of drug-likeness (QED) is 0.860. The molecule has 0 saturated heterocycles. The van der Waals surface area contributed by atoms with Crippen molar-refractivity contribution < 1.29 is 8.78 Å². The lowest BCUT2D eigenvalue weighted by atomic mass is 10.1. The van der Waals surface area contributed by atoms with Gasteiger partial charge in [-0.1, -0.05) is 42.5 Å². The molecule has 2 nitrogen and oxygen atoms in total. The van der Waals surface area contributed by atoms with E-state index in [1.165, 1.54) is 12.1 Å². The van der Waals surface area contributed by atoms with Crippen molar-refractivity contribution in [1.82, 2.24) is 4.90 Å². The van der Waals surface area contributed by atoms with E-state index in [1.54, 1.807) is 30.3 Å². The van der Waals surface area contributed by atoms with Gasteiger partial charge >= 0.3 is 0 Å². The molecule has 0 aliphatic carbocycles. The molecule has 21 heavy (non-hydrogen) atoms. The summed E-state index contributed by atoms with van der Waals surface area (Å²) in [6.45, 7) is 0.779. The van der Waals surface area contributed by atoms with Gasteiger partial charge in [0.2, 0.25) is 0 Å². The van der Waals surface area contributed by atoms with Crippen molar-refractivity contribution in [2.45, 2.75) is 13.1 Å². The first-order chi connectivity index (χ1) is 9.97. The maximum Gasteiger partial charge on any atom is 0.128 e. The van der Waals surface area contributed by atoms with Crippen LogP contribution in [-0.2, 0) is 13.1 Å². The fraction of sp³-hybridized carbons (Fsp3) is 0.188. The van der Waals surface area contributed by atoms with Crippen molar-refractivity contribution in [1.29, 1.82) is 0 Å². The molecular formula is C16H16F2N2S. The van der Waals surface area contributed by atoms with E-state index in [9.17, 15) is 8.78 Å². The predicted molar refractivity (Wildman–Crippen MR) is 83.9 cm³/mol. The summed E-state index contributed by atoms with van der Waals surface area (Å²) in [6, 6.07) is 11.2. The van der Waals surface area contributed by atoms with E-state index >= 15 is 0 Å². The number of nitrogens with zero attached hydrogens (tertiary/aromatic N) is 1. The minimum Gasteiger partial charge on any atom is -0.389 e. The minimum absolute atomic E-state index is 0.167. The third-order valence-electron chi connectivity index (χ3n) is 3.18. The van der Waals surface area contributed by atoms with Gasteiger partial charge in [-0.05, 0) is 19.2 Å². The zero-order valence-electron chi connectivity index (χ0n) is 11.6. The Labute approximate surface area is 128 Å². The summed E-state index contributed by atoms with van der Waals surface area (Å²) >= 11 is 4.81. The number of thiocarbonyl (C=S) groups is 1. The topological polar surface area (TPSA) is 29.3 Å². The zero-order valence-corrected chi connectivity index (χ0v) is 12.5. The monoisotopic (exact) mass is 306 g/mol. The molecular weight excluding hydrogens is 290 g/mol. The molecule has 0 radical (unpaired) electrons. The third-order valence-corrected chi connectivity index (χ3v) is 3.41. The van der Waals surface area contributed by atoms with Gasteiger partial charge in [0.1, 0.15) is 16.6 Å². The molecule has 0 amide bonds. The van der Waals surface area contributed by atoms with E-state index in [0.29, 0.717) is 29.8 Å². The molecule has 0 aliphatic heterocycles. The molecule has 0 spiro atoms. The first-order valence-corrected chi connectivity index (χ1v) is 6.88. The summed E-state index contributed by atoms with van der Waals surface area (Å²) in [5.74, 6) is -0.616. The van der Waals surface area contributed by atoms with Gasteiger partial charge in [-0.3, -0.25) is 4.90 Å². The van der Waals surface area contributed by atoms with Gasteiger partial charge in [0.25, 0.3) is 0 Å². The Hall–Kier alpha value is -1.85. The molecule has 0 saturated carbocycles. The van der Waals surface area contributed by atoms with Crippen molar-refractivity contribution in [3.63, 3.8) is 0 Å². The Morgan fingerprint density at radius 1 is 1.05 bits per heavy atom. The number of hydrogen-bond donors (Lipinski definition) is 1. The number of halogens is 2. The van der Waals surface area contributed by atoms with Crippen LogP contribution in [0.25, 0.3) is 0 Å². The summed E-state index contributed by atoms with van der Waals surface area (Å²) < 4.78 is 27.6. The third kappa shape index (κ3) is 4.06. The number of nitrogens with two attached hydrogens (primary N) is 1. The van der Waals surface area contributed by atoms with Crippen LogP contribution in [0.4, 0.5) is 8.78 Å². The molecule has 110 valence electrons. The minimum atomic E-state index is -0.360. The Kier molecular flexibility index (Phi) is 4.98. The van der Waals surface area contributed by atoms with Gasteiger partial charge in [-0.15, -0.1) is 0 Å². The highest BCUT2D eigenvalue weighted by atomic mass is 32.1. The average Bonchev–Trinajstić information content (AvgIpc) is 2.43. The van der Waals surface area contributed by atoms with Crippen molar-refractivity contribution in [2.24, 2.45) is 5.73 Å². The van der Waals surface area contributed by atoms with Gasteiger partial charge in [-0.25, -0.2) is 8.78 Å². The summed E-state index contributed by atoms with van der Waals surface area (Å²) in [4.78, 5) is 2.01. The molecule has 5 heteroatoms. The van der Waals surface area contributed by atoms with Gasteiger partial charge in [-0.2, -0.15) is 0 Å². The molecule has 0 aliphatic rings. The van der Waals surface area contributed by atoms with Gasteiger partial charge < -0.3 is 5.73 Å². The molecule has 0 atom stereocenters. The second-order valence-corrected chi connectivity index (χ2v) is 5.37. The van der Waals surface area contributed by atoms with Gasteiger partial charge in [0.05, 0.1) is 0 Å². The normalized spacial score (nSPS) is 10.9. The SMILES string of the molecule is CN(Cc1ccccc1F)Cc1ccc(C(N)=S)cc1F. The van der Waals surface area contributed by atoms with E-state index in [1.807, 2.05) is 11.9 Å². The van der Waals surface area contributed by atoms with Crippen LogP contribution in [0.5, 0.6) is 0 Å². The van der Waals surface area contributed by atoms with Crippen LogP contribution in [0.1, 0.15) is 16.7 Å². The van der Waals surface area contributed by atoms with Crippen LogP contribution in [-0.4, -0.2) is 16.9 Å². The van der Waals surface area contributed by atoms with Crippen molar-refractivity contribution in [3.05, 3.63) is 70.8 Å². The highest BCUT2D eigenvalue weighted by molar-refractivity contribution is 7.80. The van der Waals surface area contributed by atoms with Crippen LogP contribution in [0.2, 0.25) is 0 Å². The van der Waals surface area contributed by atoms with Crippen LogP contribution >= 0.6 is 12.2 Å². The number of hydrogen-bond acceptors (Lipinski definition) is 2. The maximum absolute atomic E-state index is 14.0. The summed E-state index contributed by atoms with van der Waals surface area (Å²) in [6.07, 6.45) is 0. The second-order valence-electron chi connectivity index (χ2n) is 4.93. The smallest absolute Gasteiger partial charge is 0.128 e. The first-order valence-electron chi connectivity index (χ1n) is 6.47. The lowest BCUT2D eigenvalue weighted by Gasteiger charge is -2.18. The molecule has 2 rings (SSSR count). The van der Waals surface area contributed by atoms with Gasteiger partial charge in [0, 0.05) is 29.8 Å². The summed E-state index contributed by atoms with van der Waals surface area (Å²) in [5.41, 5.74) is 7.07. The molecule has 2 N–H and O–H groups in total. The maximum atomic E-state index is 14.0. The average molecular weight is 306 g/mol. The van der Waals surface area contributed by atoms with E-state index in [0.717, 1.165) is 0 Å². The molecule has 0 aromatic heterocycles. The van der Waals surface area contributed by atoms with Crippen LogP contribution < -0.4 is 5.73 Å². The predicted octanol–water partition coefficient (Wildman–Crippen LogP) is 3.23. The van der Waals surface area contributed by atoms with E-state index in [-0.39, 0.29) is 16.6 Å². The second kappa shape index (κ2) is 6.74. The van der Waals surface area contributed by atoms with Crippen LogP contribution in [0.15, 0.2) is 42.5 Å². The van der Waals surface area contributed by atoms with E-state index < -0.39 is 0 Å². The van der Waals surface area contributed by atoms with Gasteiger partial charge in [0.15, 0.2) is 0 Å². The van der Waals surface area contributed by atoms with E-state index in [4.69, 9.17) is 18.0 Å². The molecule has 0 heterocycles. The zero-order chi connectivity index (χ0) is 15.4. The highest BCUT2D eigenvalue weighted by Gasteiger charge is 2.10. The summed E-state index contributed by atoms with van der Waals surface area (Å²) in [5, 5.41) is 0. The van der Waals surface area contributed by atoms with Crippen LogP contribution in [0, 0.1) is 11.6 Å². The Morgan fingerprint density at radius 3 is 2.24 bits per heavy atom. The van der Waals surface area contributed by atoms with Crippen molar-refractivity contribution in [2.75, 3.05) is 7.05 Å². The van der Waals surface area contributed by atoms with Crippen molar-refractivity contribution >= 4 is 17.2 Å². The molecule has 2 aromatic carbocycles. The molecule has 0 fully saturated rings. The number of benzene rings is 2. The first kappa shape index (κ1) is 15.5. The standard InChI is InChI=1S/C16H16F2N2S/c1-20(9-12-4-2-3-5-14(12)17)10-13-7-6-11(16(19)21)8-15(13)18/h2-8H,9-10H2,1H3,(H2,19,21). The molecule has 2 aromatic rings. The lowest BCUT2D eigenvalue weighted by molar-refractivity contribution is 0.308. The highest BCUT2D eigenvalue weighted by Crippen LogP contribution is 2.15. The van der Waals surface area contributed by atoms with E-state index in [2.05, 4.69) is 0 Å².